The van der Waals surface area contributed by atoms with E-state index in [-0.39, 0.29) is 18.6 Å². The SMILES string of the molecule is CCN1CC(=O)N[C@H](CO)C1. The molecule has 2 N–H and O–H groups in total. The first-order valence-corrected chi connectivity index (χ1v) is 3.88. The second kappa shape index (κ2) is 3.69. The number of hydrogen-bond acceptors (Lipinski definition) is 3. The Hall–Kier alpha value is -0.610. The molecule has 0 spiro atoms. The molecule has 1 atom stereocenters. The predicted molar refractivity (Wildman–Crippen MR) is 41.1 cm³/mol. The molecule has 0 bridgehead atoms. The summed E-state index contributed by atoms with van der Waals surface area (Å²) in [6.45, 7) is 4.13. The molecular formula is C7H14N2O2. The monoisotopic (exact) mass is 158 g/mol. The molecule has 1 aliphatic rings. The van der Waals surface area contributed by atoms with E-state index in [4.69, 9.17) is 5.11 Å². The van der Waals surface area contributed by atoms with Crippen LogP contribution in [-0.2, 0) is 4.79 Å². The first-order chi connectivity index (χ1) is 5.26. The summed E-state index contributed by atoms with van der Waals surface area (Å²) >= 11 is 0. The van der Waals surface area contributed by atoms with E-state index in [9.17, 15) is 4.79 Å². The lowest BCUT2D eigenvalue weighted by atomic mass is 10.2. The Bertz CT molecular complexity index is 135. The molecule has 0 aromatic rings. The first-order valence-electron chi connectivity index (χ1n) is 3.88. The Balaban J connectivity index is 2.43. The predicted octanol–water partition coefficient (Wildman–Crippen LogP) is -1.20. The third-order valence-corrected chi connectivity index (χ3v) is 1.88. The van der Waals surface area contributed by atoms with Crippen molar-refractivity contribution in [1.29, 1.82) is 0 Å². The van der Waals surface area contributed by atoms with E-state index in [0.717, 1.165) is 13.1 Å². The number of likely N-dealkylation sites (N-methyl/N-ethyl adjacent to an activating group) is 1. The molecule has 0 aliphatic carbocycles. The highest BCUT2D eigenvalue weighted by molar-refractivity contribution is 5.79. The highest BCUT2D eigenvalue weighted by Crippen LogP contribution is 1.97. The summed E-state index contributed by atoms with van der Waals surface area (Å²) in [7, 11) is 0. The van der Waals surface area contributed by atoms with Gasteiger partial charge in [0.05, 0.1) is 19.2 Å². The first kappa shape index (κ1) is 8.49. The van der Waals surface area contributed by atoms with E-state index in [1.54, 1.807) is 0 Å². The summed E-state index contributed by atoms with van der Waals surface area (Å²) in [6, 6.07) is -0.0730. The van der Waals surface area contributed by atoms with Crippen molar-refractivity contribution in [1.82, 2.24) is 10.2 Å². The van der Waals surface area contributed by atoms with Gasteiger partial charge in [-0.05, 0) is 6.54 Å². The Morgan fingerprint density at radius 2 is 2.55 bits per heavy atom. The lowest BCUT2D eigenvalue weighted by Gasteiger charge is -2.30. The quantitative estimate of drug-likeness (QED) is 0.530. The van der Waals surface area contributed by atoms with Gasteiger partial charge in [0, 0.05) is 6.54 Å². The number of aliphatic hydroxyl groups is 1. The average molecular weight is 158 g/mol. The summed E-state index contributed by atoms with van der Waals surface area (Å²) in [6.07, 6.45) is 0. The number of nitrogens with one attached hydrogen (secondary N) is 1. The van der Waals surface area contributed by atoms with Crippen LogP contribution >= 0.6 is 0 Å². The van der Waals surface area contributed by atoms with Crippen LogP contribution in [-0.4, -0.2) is 48.2 Å². The fraction of sp³-hybridized carbons (Fsp3) is 0.857. The minimum absolute atomic E-state index is 0.0113. The molecule has 11 heavy (non-hydrogen) atoms. The van der Waals surface area contributed by atoms with Crippen molar-refractivity contribution in [2.24, 2.45) is 0 Å². The zero-order chi connectivity index (χ0) is 8.27. The van der Waals surface area contributed by atoms with Crippen LogP contribution in [0.1, 0.15) is 6.92 Å². The van der Waals surface area contributed by atoms with E-state index in [2.05, 4.69) is 5.32 Å². The number of aliphatic hydroxyl groups excluding tert-OH is 1. The highest BCUT2D eigenvalue weighted by Gasteiger charge is 2.22. The summed E-state index contributed by atoms with van der Waals surface area (Å²) in [4.78, 5) is 13.0. The molecule has 0 aromatic heterocycles. The van der Waals surface area contributed by atoms with Crippen molar-refractivity contribution in [3.05, 3.63) is 0 Å². The molecule has 1 saturated heterocycles. The highest BCUT2D eigenvalue weighted by atomic mass is 16.3. The van der Waals surface area contributed by atoms with Crippen LogP contribution < -0.4 is 5.32 Å². The number of carbonyl (C=O) groups is 1. The maximum absolute atomic E-state index is 10.9. The van der Waals surface area contributed by atoms with Crippen LogP contribution in [0.15, 0.2) is 0 Å². The number of nitrogens with zero attached hydrogens (tertiary/aromatic N) is 1. The van der Waals surface area contributed by atoms with Crippen LogP contribution in [0.5, 0.6) is 0 Å². The molecule has 1 amide bonds. The number of amides is 1. The van der Waals surface area contributed by atoms with Crippen LogP contribution in [0, 0.1) is 0 Å². The van der Waals surface area contributed by atoms with Crippen molar-refractivity contribution in [3.63, 3.8) is 0 Å². The van der Waals surface area contributed by atoms with E-state index in [1.165, 1.54) is 0 Å². The molecule has 1 heterocycles. The van der Waals surface area contributed by atoms with Crippen molar-refractivity contribution in [2.45, 2.75) is 13.0 Å². The number of rotatable bonds is 2. The topological polar surface area (TPSA) is 52.6 Å². The average Bonchev–Trinajstić information content (AvgIpc) is 2.03. The lowest BCUT2D eigenvalue weighted by Crippen LogP contribution is -2.55. The number of piperazine rings is 1. The Kier molecular flexibility index (Phi) is 2.84. The standard InChI is InChI=1S/C7H14N2O2/c1-2-9-3-6(5-10)8-7(11)4-9/h6,10H,2-5H2,1H3,(H,8,11)/t6-/m0/s1. The van der Waals surface area contributed by atoms with Crippen LogP contribution in [0.3, 0.4) is 0 Å². The van der Waals surface area contributed by atoms with Gasteiger partial charge in [0.15, 0.2) is 0 Å². The Morgan fingerprint density at radius 3 is 3.09 bits per heavy atom. The van der Waals surface area contributed by atoms with Gasteiger partial charge in [-0.15, -0.1) is 0 Å². The second-order valence-electron chi connectivity index (χ2n) is 2.77. The summed E-state index contributed by atoms with van der Waals surface area (Å²) in [5.41, 5.74) is 0. The van der Waals surface area contributed by atoms with Gasteiger partial charge in [-0.3, -0.25) is 9.69 Å². The second-order valence-corrected chi connectivity index (χ2v) is 2.77. The molecule has 4 nitrogen and oxygen atoms in total. The van der Waals surface area contributed by atoms with Gasteiger partial charge in [0.2, 0.25) is 5.91 Å². The van der Waals surface area contributed by atoms with Gasteiger partial charge in [-0.1, -0.05) is 6.92 Å². The van der Waals surface area contributed by atoms with E-state index in [1.807, 2.05) is 11.8 Å². The normalized spacial score (nSPS) is 26.7. The van der Waals surface area contributed by atoms with E-state index < -0.39 is 0 Å². The summed E-state index contributed by atoms with van der Waals surface area (Å²) < 4.78 is 0. The minimum atomic E-state index is -0.0730. The van der Waals surface area contributed by atoms with Gasteiger partial charge in [-0.2, -0.15) is 0 Å². The zero-order valence-corrected chi connectivity index (χ0v) is 6.71. The lowest BCUT2D eigenvalue weighted by molar-refractivity contribution is -0.126. The van der Waals surface area contributed by atoms with Crippen LogP contribution in [0.25, 0.3) is 0 Å². The molecule has 4 heteroatoms. The fourth-order valence-electron chi connectivity index (χ4n) is 1.24. The molecule has 0 aromatic carbocycles. The van der Waals surface area contributed by atoms with E-state index in [0.29, 0.717) is 6.54 Å². The number of hydrogen-bond donors (Lipinski definition) is 2. The van der Waals surface area contributed by atoms with Crippen LogP contribution in [0.4, 0.5) is 0 Å². The van der Waals surface area contributed by atoms with Crippen molar-refractivity contribution < 1.29 is 9.90 Å². The number of carbonyl (C=O) groups excluding carboxylic acids is 1. The third kappa shape index (κ3) is 2.17. The largest absolute Gasteiger partial charge is 0.394 e. The van der Waals surface area contributed by atoms with Gasteiger partial charge in [-0.25, -0.2) is 0 Å². The fourth-order valence-corrected chi connectivity index (χ4v) is 1.24. The molecule has 0 saturated carbocycles. The molecular weight excluding hydrogens is 144 g/mol. The molecule has 0 radical (unpaired) electrons. The third-order valence-electron chi connectivity index (χ3n) is 1.88. The maximum Gasteiger partial charge on any atom is 0.234 e. The Morgan fingerprint density at radius 1 is 1.82 bits per heavy atom. The minimum Gasteiger partial charge on any atom is -0.394 e. The van der Waals surface area contributed by atoms with Gasteiger partial charge in [0.25, 0.3) is 0 Å². The molecule has 0 unspecified atom stereocenters. The molecule has 1 fully saturated rings. The van der Waals surface area contributed by atoms with Crippen molar-refractivity contribution in [3.8, 4) is 0 Å². The maximum atomic E-state index is 10.9. The van der Waals surface area contributed by atoms with Gasteiger partial charge < -0.3 is 10.4 Å². The zero-order valence-electron chi connectivity index (χ0n) is 6.71. The Labute approximate surface area is 66.2 Å². The molecule has 64 valence electrons. The van der Waals surface area contributed by atoms with Crippen molar-refractivity contribution in [2.75, 3.05) is 26.2 Å². The van der Waals surface area contributed by atoms with Crippen LogP contribution in [0.2, 0.25) is 0 Å². The van der Waals surface area contributed by atoms with E-state index >= 15 is 0 Å². The van der Waals surface area contributed by atoms with Gasteiger partial charge in [0.1, 0.15) is 0 Å². The van der Waals surface area contributed by atoms with Crippen molar-refractivity contribution >= 4 is 5.91 Å². The van der Waals surface area contributed by atoms with Gasteiger partial charge >= 0.3 is 0 Å². The summed E-state index contributed by atoms with van der Waals surface area (Å²) in [5, 5.41) is 11.5. The molecule has 1 rings (SSSR count). The molecule has 1 aliphatic heterocycles. The smallest absolute Gasteiger partial charge is 0.234 e. The summed E-state index contributed by atoms with van der Waals surface area (Å²) in [5.74, 6) is 0.0113.